The SMILES string of the molecule is CN1Cc2cc(Cl)c(Nc3ncc(C(F)(F)F)c(-c4cc5c(s4)S(=O)NCCS5)n3)cc2C1. The molecule has 0 bridgehead atoms. The highest BCUT2D eigenvalue weighted by molar-refractivity contribution is 8.00. The van der Waals surface area contributed by atoms with Crippen LogP contribution in [0.1, 0.15) is 16.7 Å². The van der Waals surface area contributed by atoms with Crippen molar-refractivity contribution >= 4 is 57.3 Å². The summed E-state index contributed by atoms with van der Waals surface area (Å²) in [5.74, 6) is 0.672. The second kappa shape index (κ2) is 8.82. The van der Waals surface area contributed by atoms with Gasteiger partial charge in [-0.05, 0) is 36.4 Å². The summed E-state index contributed by atoms with van der Waals surface area (Å²) in [6, 6.07) is 5.35. The van der Waals surface area contributed by atoms with E-state index in [9.17, 15) is 17.4 Å². The number of rotatable bonds is 3. The molecule has 2 N–H and O–H groups in total. The molecule has 0 fully saturated rings. The van der Waals surface area contributed by atoms with Gasteiger partial charge in [0.15, 0.2) is 0 Å². The Morgan fingerprint density at radius 1 is 1.24 bits per heavy atom. The summed E-state index contributed by atoms with van der Waals surface area (Å²) in [4.78, 5) is 11.2. The Kier molecular flexibility index (Phi) is 6.17. The summed E-state index contributed by atoms with van der Waals surface area (Å²) >= 11 is 8.91. The first-order chi connectivity index (χ1) is 15.7. The minimum atomic E-state index is -4.64. The zero-order chi connectivity index (χ0) is 23.3. The monoisotopic (exact) mass is 531 g/mol. The van der Waals surface area contributed by atoms with Crippen LogP contribution in [0.3, 0.4) is 0 Å². The van der Waals surface area contributed by atoms with E-state index in [0.29, 0.717) is 32.1 Å². The fourth-order valence-corrected chi connectivity index (χ4v) is 7.79. The first-order valence-electron chi connectivity index (χ1n) is 9.82. The molecule has 2 aliphatic rings. The van der Waals surface area contributed by atoms with Crippen molar-refractivity contribution in [3.8, 4) is 10.6 Å². The van der Waals surface area contributed by atoms with Crippen LogP contribution in [0.5, 0.6) is 0 Å². The Morgan fingerprint density at radius 3 is 2.76 bits per heavy atom. The van der Waals surface area contributed by atoms with Gasteiger partial charge in [0.2, 0.25) is 5.95 Å². The van der Waals surface area contributed by atoms with E-state index < -0.39 is 22.7 Å². The standard InChI is InChI=1S/C20H17ClF3N5OS3/c1-29-8-10-4-13(21)14(5-11(10)9-29)27-19-25-7-12(20(22,23)24)17(28-19)15-6-16-18(32-15)33(30)26-2-3-31-16/h4-7,26H,2-3,8-9H2,1H3,(H,25,27,28). The Hall–Kier alpha value is -1.70. The first kappa shape index (κ1) is 23.1. The summed E-state index contributed by atoms with van der Waals surface area (Å²) in [6.45, 7) is 2.10. The van der Waals surface area contributed by atoms with Crippen molar-refractivity contribution in [1.82, 2.24) is 19.6 Å². The molecule has 6 nitrogen and oxygen atoms in total. The van der Waals surface area contributed by atoms with E-state index in [-0.39, 0.29) is 16.5 Å². The van der Waals surface area contributed by atoms with Gasteiger partial charge < -0.3 is 5.32 Å². The van der Waals surface area contributed by atoms with E-state index in [1.165, 1.54) is 11.8 Å². The second-order valence-electron chi connectivity index (χ2n) is 7.63. The van der Waals surface area contributed by atoms with E-state index in [4.69, 9.17) is 11.6 Å². The average molecular weight is 532 g/mol. The zero-order valence-corrected chi connectivity index (χ0v) is 20.3. The number of fused-ring (bicyclic) bond motifs is 2. The molecular formula is C20H17ClF3N5OS3. The molecule has 1 atom stereocenters. The van der Waals surface area contributed by atoms with Crippen LogP contribution in [0.2, 0.25) is 5.02 Å². The summed E-state index contributed by atoms with van der Waals surface area (Å²) < 4.78 is 57.1. The number of thioether (sulfide) groups is 1. The number of benzene rings is 1. The number of nitrogens with zero attached hydrogens (tertiary/aromatic N) is 3. The van der Waals surface area contributed by atoms with E-state index in [1.807, 2.05) is 19.2 Å². The summed E-state index contributed by atoms with van der Waals surface area (Å²) in [5, 5.41) is 3.41. The van der Waals surface area contributed by atoms with Gasteiger partial charge in [0.25, 0.3) is 0 Å². The maximum Gasteiger partial charge on any atom is 0.420 e. The molecule has 2 aliphatic heterocycles. The molecule has 1 aromatic carbocycles. The Balaban J connectivity index is 1.55. The molecule has 3 aromatic rings. The van der Waals surface area contributed by atoms with Crippen LogP contribution in [0.4, 0.5) is 24.8 Å². The topological polar surface area (TPSA) is 70.2 Å². The molecule has 0 amide bonds. The molecule has 0 saturated heterocycles. The normalized spacial score (nSPS) is 18.6. The van der Waals surface area contributed by atoms with Gasteiger partial charge in [0.1, 0.15) is 20.8 Å². The van der Waals surface area contributed by atoms with Crippen LogP contribution in [0.25, 0.3) is 10.6 Å². The van der Waals surface area contributed by atoms with E-state index in [2.05, 4.69) is 24.9 Å². The van der Waals surface area contributed by atoms with Gasteiger partial charge in [-0.3, -0.25) is 4.90 Å². The lowest BCUT2D eigenvalue weighted by Crippen LogP contribution is -2.17. The molecule has 13 heteroatoms. The third-order valence-electron chi connectivity index (χ3n) is 5.17. The number of nitrogens with one attached hydrogen (secondary N) is 2. The molecule has 1 unspecified atom stereocenters. The van der Waals surface area contributed by atoms with Gasteiger partial charge in [0, 0.05) is 36.5 Å². The van der Waals surface area contributed by atoms with E-state index in [0.717, 1.165) is 41.8 Å². The molecule has 174 valence electrons. The van der Waals surface area contributed by atoms with Crippen LogP contribution in [-0.4, -0.2) is 38.4 Å². The highest BCUT2D eigenvalue weighted by Crippen LogP contribution is 2.43. The van der Waals surface area contributed by atoms with Crippen molar-refractivity contribution in [2.45, 2.75) is 28.4 Å². The van der Waals surface area contributed by atoms with Gasteiger partial charge in [-0.15, -0.1) is 23.1 Å². The third kappa shape index (κ3) is 4.64. The van der Waals surface area contributed by atoms with Gasteiger partial charge in [-0.1, -0.05) is 11.6 Å². The lowest BCUT2D eigenvalue weighted by Gasteiger charge is -2.14. The van der Waals surface area contributed by atoms with Crippen LogP contribution in [0.15, 0.2) is 33.5 Å². The number of thiophene rings is 1. The number of alkyl halides is 3. The van der Waals surface area contributed by atoms with Crippen LogP contribution < -0.4 is 10.0 Å². The van der Waals surface area contributed by atoms with E-state index >= 15 is 0 Å². The smallest absolute Gasteiger partial charge is 0.323 e. The zero-order valence-electron chi connectivity index (χ0n) is 17.1. The number of hydrogen-bond acceptors (Lipinski definition) is 7. The van der Waals surface area contributed by atoms with Gasteiger partial charge >= 0.3 is 6.18 Å². The second-order valence-corrected chi connectivity index (χ2v) is 11.7. The third-order valence-corrected chi connectivity index (χ3v) is 9.45. The highest BCUT2D eigenvalue weighted by atomic mass is 35.5. The maximum absolute atomic E-state index is 13.8. The van der Waals surface area contributed by atoms with Crippen LogP contribution in [0, 0.1) is 0 Å². The predicted molar refractivity (Wildman–Crippen MR) is 125 cm³/mol. The van der Waals surface area contributed by atoms with Crippen molar-refractivity contribution in [1.29, 1.82) is 0 Å². The molecule has 0 saturated carbocycles. The molecule has 0 spiro atoms. The number of aromatic nitrogens is 2. The van der Waals surface area contributed by atoms with Gasteiger partial charge in [-0.25, -0.2) is 18.9 Å². The lowest BCUT2D eigenvalue weighted by atomic mass is 10.1. The lowest BCUT2D eigenvalue weighted by molar-refractivity contribution is -0.137. The molecule has 5 rings (SSSR count). The molecule has 33 heavy (non-hydrogen) atoms. The fraction of sp³-hybridized carbons (Fsp3) is 0.300. The Bertz CT molecular complexity index is 1270. The predicted octanol–water partition coefficient (Wildman–Crippen LogP) is 5.28. The molecular weight excluding hydrogens is 515 g/mol. The Labute approximate surface area is 203 Å². The number of hydrogen-bond donors (Lipinski definition) is 2. The van der Waals surface area contributed by atoms with Gasteiger partial charge in [-0.2, -0.15) is 13.2 Å². The maximum atomic E-state index is 13.8. The van der Waals surface area contributed by atoms with Crippen LogP contribution in [-0.2, 0) is 30.3 Å². The summed E-state index contributed by atoms with van der Waals surface area (Å²) in [5.41, 5.74) is 1.52. The molecule has 4 heterocycles. The number of halogens is 4. The van der Waals surface area contributed by atoms with Crippen molar-refractivity contribution < 1.29 is 17.4 Å². The average Bonchev–Trinajstić information content (AvgIpc) is 3.28. The minimum Gasteiger partial charge on any atom is -0.323 e. The van der Waals surface area contributed by atoms with Crippen LogP contribution >= 0.6 is 34.7 Å². The summed E-state index contributed by atoms with van der Waals surface area (Å²) in [7, 11) is 0.525. The highest BCUT2D eigenvalue weighted by Gasteiger charge is 2.36. The first-order valence-corrected chi connectivity index (χ1v) is 13.2. The van der Waals surface area contributed by atoms with Gasteiger partial charge in [0.05, 0.1) is 21.3 Å². The summed E-state index contributed by atoms with van der Waals surface area (Å²) in [6.07, 6.45) is -3.87. The van der Waals surface area contributed by atoms with E-state index in [1.54, 1.807) is 6.07 Å². The molecule has 0 radical (unpaired) electrons. The van der Waals surface area contributed by atoms with Crippen molar-refractivity contribution in [3.05, 3.63) is 46.1 Å². The van der Waals surface area contributed by atoms with Crippen molar-refractivity contribution in [2.24, 2.45) is 0 Å². The minimum absolute atomic E-state index is 0.00157. The van der Waals surface area contributed by atoms with Crippen molar-refractivity contribution in [3.63, 3.8) is 0 Å². The quantitative estimate of drug-likeness (QED) is 0.479. The number of anilines is 2. The molecule has 0 aliphatic carbocycles. The Morgan fingerprint density at radius 2 is 2.00 bits per heavy atom. The molecule has 2 aromatic heterocycles. The van der Waals surface area contributed by atoms with Crippen molar-refractivity contribution in [2.75, 3.05) is 24.7 Å². The fourth-order valence-electron chi connectivity index (χ4n) is 3.71. The largest absolute Gasteiger partial charge is 0.420 e.